The lowest BCUT2D eigenvalue weighted by molar-refractivity contribution is 0.0598. The molecule has 0 spiro atoms. The zero-order valence-corrected chi connectivity index (χ0v) is 22.7. The van der Waals surface area contributed by atoms with Crippen molar-refractivity contribution in [3.63, 3.8) is 0 Å². The molecule has 0 bridgehead atoms. The Morgan fingerprint density at radius 1 is 0.949 bits per heavy atom. The highest BCUT2D eigenvalue weighted by Crippen LogP contribution is 2.33. The van der Waals surface area contributed by atoms with Crippen LogP contribution in [0.2, 0.25) is 0 Å². The molecule has 10 nitrogen and oxygen atoms in total. The third-order valence-corrected chi connectivity index (χ3v) is 8.53. The number of aromatic nitrogens is 4. The van der Waals surface area contributed by atoms with E-state index in [9.17, 15) is 9.59 Å². The van der Waals surface area contributed by atoms with E-state index in [-0.39, 0.29) is 17.9 Å². The lowest BCUT2D eigenvalue weighted by Crippen LogP contribution is -2.46. The molecule has 6 rings (SSSR count). The van der Waals surface area contributed by atoms with Gasteiger partial charge in [-0.1, -0.05) is 6.92 Å². The number of likely N-dealkylation sites (tertiary alicyclic amines) is 1. The Hall–Kier alpha value is -3.66. The second kappa shape index (κ2) is 11.2. The molecule has 3 aliphatic rings. The fourth-order valence-corrected chi connectivity index (χ4v) is 6.20. The molecule has 3 N–H and O–H groups in total. The van der Waals surface area contributed by atoms with Crippen molar-refractivity contribution in [2.24, 2.45) is 0 Å². The van der Waals surface area contributed by atoms with Crippen LogP contribution < -0.4 is 10.2 Å². The van der Waals surface area contributed by atoms with Gasteiger partial charge >= 0.3 is 0 Å². The van der Waals surface area contributed by atoms with Gasteiger partial charge < -0.3 is 20.0 Å². The van der Waals surface area contributed by atoms with Crippen LogP contribution in [0, 0.1) is 0 Å². The Morgan fingerprint density at radius 3 is 2.54 bits per heavy atom. The van der Waals surface area contributed by atoms with E-state index in [0.717, 1.165) is 100 Å². The van der Waals surface area contributed by atoms with Crippen molar-refractivity contribution in [1.82, 2.24) is 30.2 Å². The maximum atomic E-state index is 13.6. The fourth-order valence-electron chi connectivity index (χ4n) is 6.20. The zero-order valence-electron chi connectivity index (χ0n) is 22.7. The highest BCUT2D eigenvalue weighted by Gasteiger charge is 2.33. The van der Waals surface area contributed by atoms with Crippen molar-refractivity contribution in [1.29, 1.82) is 0 Å². The molecule has 1 aliphatic carbocycles. The molecule has 2 aromatic heterocycles. The Balaban J connectivity index is 1.11. The summed E-state index contributed by atoms with van der Waals surface area (Å²) < 4.78 is 0. The number of piperazine rings is 1. The highest BCUT2D eigenvalue weighted by atomic mass is 16.2. The third kappa shape index (κ3) is 5.30. The number of nitrogens with zero attached hydrogens (tertiary/aromatic N) is 5. The van der Waals surface area contributed by atoms with Gasteiger partial charge in [-0.05, 0) is 75.8 Å². The third-order valence-electron chi connectivity index (χ3n) is 8.53. The zero-order chi connectivity index (χ0) is 26.8. The molecule has 2 amide bonds. The lowest BCUT2D eigenvalue weighted by Gasteiger charge is -2.35. The SMILES string of the molecule is CCN1CCN(c2ccc(C(=O)Nc3cc(C4CCCCN4C(=O)c4n[nH]c5c4CCCC5)[nH]n3)cc2)CC1. The van der Waals surface area contributed by atoms with Crippen LogP contribution in [0.3, 0.4) is 0 Å². The number of H-pyrrole nitrogens is 2. The van der Waals surface area contributed by atoms with Crippen molar-refractivity contribution in [3.05, 3.63) is 58.5 Å². The topological polar surface area (TPSA) is 113 Å². The first kappa shape index (κ1) is 25.6. The standard InChI is InChI=1S/C29H38N8O2/c1-2-35-15-17-36(18-16-35)21-12-10-20(11-13-21)28(38)30-26-19-24(32-33-26)25-9-5-6-14-37(25)29(39)27-22-7-3-4-8-23(22)31-34-27/h10-13,19,25H,2-9,14-18H2,1H3,(H,31,34)(H2,30,32,33,38). The Morgan fingerprint density at radius 2 is 1.74 bits per heavy atom. The first-order valence-electron chi connectivity index (χ1n) is 14.4. The van der Waals surface area contributed by atoms with Crippen LogP contribution in [0.5, 0.6) is 0 Å². The maximum Gasteiger partial charge on any atom is 0.275 e. The van der Waals surface area contributed by atoms with E-state index in [1.54, 1.807) is 0 Å². The van der Waals surface area contributed by atoms with Gasteiger partial charge in [-0.15, -0.1) is 0 Å². The summed E-state index contributed by atoms with van der Waals surface area (Å²) in [6.07, 6.45) is 6.95. The number of aryl methyl sites for hydroxylation is 1. The quantitative estimate of drug-likeness (QED) is 0.447. The largest absolute Gasteiger partial charge is 0.369 e. The molecule has 206 valence electrons. The Kier molecular flexibility index (Phi) is 7.36. The summed E-state index contributed by atoms with van der Waals surface area (Å²) in [5.41, 5.74) is 5.33. The van der Waals surface area contributed by atoms with E-state index >= 15 is 0 Å². The van der Waals surface area contributed by atoms with E-state index < -0.39 is 0 Å². The molecular formula is C29H38N8O2. The van der Waals surface area contributed by atoms with Crippen LogP contribution in [0.4, 0.5) is 11.5 Å². The van der Waals surface area contributed by atoms with Gasteiger partial charge in [0.15, 0.2) is 11.5 Å². The molecule has 0 radical (unpaired) electrons. The molecule has 2 saturated heterocycles. The molecular weight excluding hydrogens is 492 g/mol. The van der Waals surface area contributed by atoms with E-state index in [1.165, 1.54) is 0 Å². The van der Waals surface area contributed by atoms with Crippen LogP contribution in [0.1, 0.15) is 82.9 Å². The van der Waals surface area contributed by atoms with Gasteiger partial charge in [0.2, 0.25) is 0 Å². The van der Waals surface area contributed by atoms with Crippen molar-refractivity contribution in [2.45, 2.75) is 57.9 Å². The van der Waals surface area contributed by atoms with Crippen molar-refractivity contribution in [3.8, 4) is 0 Å². The maximum absolute atomic E-state index is 13.6. The fraction of sp³-hybridized carbons (Fsp3) is 0.517. The number of fused-ring (bicyclic) bond motifs is 1. The summed E-state index contributed by atoms with van der Waals surface area (Å²) in [4.78, 5) is 33.3. The molecule has 1 atom stereocenters. The summed E-state index contributed by atoms with van der Waals surface area (Å²) in [6, 6.07) is 9.52. The number of amides is 2. The van der Waals surface area contributed by atoms with Gasteiger partial charge in [0, 0.05) is 61.3 Å². The van der Waals surface area contributed by atoms with Gasteiger partial charge in [-0.25, -0.2) is 0 Å². The molecule has 2 aliphatic heterocycles. The van der Waals surface area contributed by atoms with Crippen LogP contribution >= 0.6 is 0 Å². The van der Waals surface area contributed by atoms with E-state index in [4.69, 9.17) is 0 Å². The van der Waals surface area contributed by atoms with E-state index in [1.807, 2.05) is 35.2 Å². The predicted octanol–water partition coefficient (Wildman–Crippen LogP) is 3.77. The van der Waals surface area contributed by atoms with Gasteiger partial charge in [-0.2, -0.15) is 10.2 Å². The number of rotatable bonds is 6. The summed E-state index contributed by atoms with van der Waals surface area (Å²) in [7, 11) is 0. The molecule has 4 heterocycles. The van der Waals surface area contributed by atoms with Crippen molar-refractivity contribution in [2.75, 3.05) is 49.5 Å². The van der Waals surface area contributed by atoms with Crippen molar-refractivity contribution >= 4 is 23.3 Å². The number of benzene rings is 1. The second-order valence-electron chi connectivity index (χ2n) is 10.9. The van der Waals surface area contributed by atoms with Gasteiger partial charge in [0.05, 0.1) is 11.7 Å². The minimum atomic E-state index is -0.199. The monoisotopic (exact) mass is 530 g/mol. The highest BCUT2D eigenvalue weighted by molar-refractivity contribution is 6.04. The van der Waals surface area contributed by atoms with E-state index in [2.05, 4.69) is 42.4 Å². The number of hydrogen-bond acceptors (Lipinski definition) is 6. The molecule has 0 saturated carbocycles. The van der Waals surface area contributed by atoms with Crippen LogP contribution in [-0.2, 0) is 12.8 Å². The number of hydrogen-bond donors (Lipinski definition) is 3. The normalized spacial score (nSPS) is 20.1. The number of anilines is 2. The average molecular weight is 531 g/mol. The van der Waals surface area contributed by atoms with Crippen LogP contribution in [-0.4, -0.2) is 81.3 Å². The average Bonchev–Trinajstić information content (AvgIpc) is 3.64. The number of nitrogens with one attached hydrogen (secondary N) is 3. The molecule has 1 aromatic carbocycles. The lowest BCUT2D eigenvalue weighted by atomic mass is 9.94. The van der Waals surface area contributed by atoms with Crippen molar-refractivity contribution < 1.29 is 9.59 Å². The number of carbonyl (C=O) groups is 2. The smallest absolute Gasteiger partial charge is 0.275 e. The minimum absolute atomic E-state index is 0.0181. The number of piperidine rings is 1. The van der Waals surface area contributed by atoms with Gasteiger partial charge in [0.1, 0.15) is 0 Å². The van der Waals surface area contributed by atoms with E-state index in [0.29, 0.717) is 23.6 Å². The first-order valence-corrected chi connectivity index (χ1v) is 14.4. The Bertz CT molecular complexity index is 1310. The second-order valence-corrected chi connectivity index (χ2v) is 10.9. The summed E-state index contributed by atoms with van der Waals surface area (Å²) in [5.74, 6) is 0.246. The summed E-state index contributed by atoms with van der Waals surface area (Å²) >= 11 is 0. The molecule has 1 unspecified atom stereocenters. The molecule has 2 fully saturated rings. The van der Waals surface area contributed by atoms with Gasteiger partial charge in [0.25, 0.3) is 11.8 Å². The minimum Gasteiger partial charge on any atom is -0.369 e. The van der Waals surface area contributed by atoms with Crippen LogP contribution in [0.15, 0.2) is 30.3 Å². The molecule has 39 heavy (non-hydrogen) atoms. The Labute approximate surface area is 229 Å². The summed E-state index contributed by atoms with van der Waals surface area (Å²) in [5, 5.41) is 17.9. The number of likely N-dealkylation sites (N-methyl/N-ethyl adjacent to an activating group) is 1. The summed E-state index contributed by atoms with van der Waals surface area (Å²) in [6.45, 7) is 8.09. The first-order chi connectivity index (χ1) is 19.1. The predicted molar refractivity (Wildman–Crippen MR) is 150 cm³/mol. The van der Waals surface area contributed by atoms with Gasteiger partial charge in [-0.3, -0.25) is 19.8 Å². The molecule has 10 heteroatoms. The number of aromatic amines is 2. The number of carbonyl (C=O) groups excluding carboxylic acids is 2. The molecule has 3 aromatic rings. The van der Waals surface area contributed by atoms with Crippen LogP contribution in [0.25, 0.3) is 0 Å².